The largest absolute Gasteiger partial charge is 0.307 e. The molecular weight excluding hydrogens is 186 g/mol. The lowest BCUT2D eigenvalue weighted by molar-refractivity contribution is -0.120. The first-order valence-corrected chi connectivity index (χ1v) is 5.66. The second-order valence-corrected chi connectivity index (χ2v) is 4.10. The molecule has 2 rings (SSSR count). The summed E-state index contributed by atoms with van der Waals surface area (Å²) in [6.07, 6.45) is 3.70. The first-order chi connectivity index (χ1) is 7.36. The van der Waals surface area contributed by atoms with Crippen molar-refractivity contribution in [1.82, 2.24) is 5.32 Å². The van der Waals surface area contributed by atoms with Gasteiger partial charge >= 0.3 is 0 Å². The number of Topliss-reactive ketones (excluding diaryl/α,β-unsaturated/α-hetero) is 1. The van der Waals surface area contributed by atoms with Gasteiger partial charge in [-0.25, -0.2) is 0 Å². The van der Waals surface area contributed by atoms with Gasteiger partial charge < -0.3 is 5.32 Å². The summed E-state index contributed by atoms with van der Waals surface area (Å²) < 4.78 is 0. The first-order valence-electron chi connectivity index (χ1n) is 5.66. The van der Waals surface area contributed by atoms with Crippen LogP contribution in [0.15, 0.2) is 30.3 Å². The molecule has 0 saturated carbocycles. The molecule has 80 valence electrons. The molecule has 1 aromatic rings. The molecule has 0 spiro atoms. The van der Waals surface area contributed by atoms with Crippen LogP contribution in [0.2, 0.25) is 0 Å². The van der Waals surface area contributed by atoms with E-state index in [9.17, 15) is 4.79 Å². The normalized spacial score (nSPS) is 20.4. The van der Waals surface area contributed by atoms with Crippen molar-refractivity contribution in [2.75, 3.05) is 6.54 Å². The van der Waals surface area contributed by atoms with Crippen molar-refractivity contribution in [2.45, 2.75) is 31.7 Å². The van der Waals surface area contributed by atoms with Crippen molar-refractivity contribution in [1.29, 1.82) is 0 Å². The maximum absolute atomic E-state index is 11.8. The lowest BCUT2D eigenvalue weighted by Crippen LogP contribution is -2.30. The predicted molar refractivity (Wildman–Crippen MR) is 60.8 cm³/mol. The highest BCUT2D eigenvalue weighted by Crippen LogP contribution is 2.10. The number of benzene rings is 1. The van der Waals surface area contributed by atoms with Crippen LogP contribution < -0.4 is 5.32 Å². The number of aryl methyl sites for hydroxylation is 1. The SMILES string of the molecule is O=C(CCc1ccccc1)C1CCCN1. The minimum atomic E-state index is 0.133. The summed E-state index contributed by atoms with van der Waals surface area (Å²) in [5.74, 6) is 0.372. The number of hydrogen-bond acceptors (Lipinski definition) is 2. The van der Waals surface area contributed by atoms with Gasteiger partial charge in [0.1, 0.15) is 5.78 Å². The van der Waals surface area contributed by atoms with Crippen LogP contribution in [-0.4, -0.2) is 18.4 Å². The Morgan fingerprint density at radius 1 is 1.33 bits per heavy atom. The molecule has 0 aromatic heterocycles. The van der Waals surface area contributed by atoms with Crippen LogP contribution in [0.5, 0.6) is 0 Å². The molecule has 2 heteroatoms. The van der Waals surface area contributed by atoms with Crippen LogP contribution in [0.1, 0.15) is 24.8 Å². The fraction of sp³-hybridized carbons (Fsp3) is 0.462. The average molecular weight is 203 g/mol. The lowest BCUT2D eigenvalue weighted by atomic mass is 10.0. The van der Waals surface area contributed by atoms with Crippen LogP contribution >= 0.6 is 0 Å². The van der Waals surface area contributed by atoms with Crippen molar-refractivity contribution in [2.24, 2.45) is 0 Å². The molecule has 0 aliphatic carbocycles. The minimum Gasteiger partial charge on any atom is -0.307 e. The Bertz CT molecular complexity index is 315. The molecule has 0 amide bonds. The molecule has 1 aromatic carbocycles. The van der Waals surface area contributed by atoms with Crippen LogP contribution in [0, 0.1) is 0 Å². The first kappa shape index (κ1) is 10.4. The van der Waals surface area contributed by atoms with Gasteiger partial charge in [-0.2, -0.15) is 0 Å². The van der Waals surface area contributed by atoms with Crippen molar-refractivity contribution >= 4 is 5.78 Å². The molecule has 1 heterocycles. The molecule has 1 atom stereocenters. The Labute approximate surface area is 90.7 Å². The highest BCUT2D eigenvalue weighted by Gasteiger charge is 2.20. The Kier molecular flexibility index (Phi) is 3.51. The summed E-state index contributed by atoms with van der Waals surface area (Å²) in [5.41, 5.74) is 1.25. The van der Waals surface area contributed by atoms with E-state index < -0.39 is 0 Å². The molecule has 1 saturated heterocycles. The third kappa shape index (κ3) is 2.90. The quantitative estimate of drug-likeness (QED) is 0.810. The van der Waals surface area contributed by atoms with Crippen LogP contribution in [-0.2, 0) is 11.2 Å². The summed E-state index contributed by atoms with van der Waals surface area (Å²) >= 11 is 0. The Morgan fingerprint density at radius 3 is 2.80 bits per heavy atom. The molecule has 2 nitrogen and oxygen atoms in total. The molecule has 1 aliphatic rings. The van der Waals surface area contributed by atoms with E-state index in [1.807, 2.05) is 18.2 Å². The number of ketones is 1. The highest BCUT2D eigenvalue weighted by molar-refractivity contribution is 5.84. The predicted octanol–water partition coefficient (Wildman–Crippen LogP) is 1.94. The maximum Gasteiger partial charge on any atom is 0.150 e. The van der Waals surface area contributed by atoms with Gasteiger partial charge in [-0.3, -0.25) is 4.79 Å². The number of nitrogens with one attached hydrogen (secondary N) is 1. The van der Waals surface area contributed by atoms with Crippen LogP contribution in [0.3, 0.4) is 0 Å². The van der Waals surface area contributed by atoms with Crippen molar-refractivity contribution in [3.8, 4) is 0 Å². The standard InChI is InChI=1S/C13H17NO/c15-13(12-7-4-10-14-12)9-8-11-5-2-1-3-6-11/h1-3,5-6,12,14H,4,7-10H2. The molecule has 1 unspecified atom stereocenters. The smallest absolute Gasteiger partial charge is 0.150 e. The molecule has 1 N–H and O–H groups in total. The van der Waals surface area contributed by atoms with Crippen molar-refractivity contribution in [3.63, 3.8) is 0 Å². The van der Waals surface area contributed by atoms with Crippen molar-refractivity contribution in [3.05, 3.63) is 35.9 Å². The van der Waals surface area contributed by atoms with Gasteiger partial charge in [0.15, 0.2) is 0 Å². The van der Waals surface area contributed by atoms with E-state index in [2.05, 4.69) is 17.4 Å². The van der Waals surface area contributed by atoms with Gasteiger partial charge in [0.05, 0.1) is 6.04 Å². The van der Waals surface area contributed by atoms with Crippen LogP contribution in [0.25, 0.3) is 0 Å². The van der Waals surface area contributed by atoms with Gasteiger partial charge in [0.2, 0.25) is 0 Å². The fourth-order valence-corrected chi connectivity index (χ4v) is 2.05. The van der Waals surface area contributed by atoms with Gasteiger partial charge in [-0.15, -0.1) is 0 Å². The van der Waals surface area contributed by atoms with E-state index in [4.69, 9.17) is 0 Å². The monoisotopic (exact) mass is 203 g/mol. The zero-order valence-electron chi connectivity index (χ0n) is 8.91. The molecule has 1 fully saturated rings. The van der Waals surface area contributed by atoms with E-state index in [-0.39, 0.29) is 6.04 Å². The molecular formula is C13H17NO. The Hall–Kier alpha value is -1.15. The Morgan fingerprint density at radius 2 is 2.13 bits per heavy atom. The summed E-state index contributed by atoms with van der Waals surface area (Å²) in [4.78, 5) is 11.8. The second kappa shape index (κ2) is 5.08. The minimum absolute atomic E-state index is 0.133. The van der Waals surface area contributed by atoms with Crippen LogP contribution in [0.4, 0.5) is 0 Å². The summed E-state index contributed by atoms with van der Waals surface area (Å²) in [6, 6.07) is 10.3. The third-order valence-corrected chi connectivity index (χ3v) is 2.95. The van der Waals surface area contributed by atoms with E-state index >= 15 is 0 Å². The van der Waals surface area contributed by atoms with Crippen molar-refractivity contribution < 1.29 is 4.79 Å². The van der Waals surface area contributed by atoms with Gasteiger partial charge in [0.25, 0.3) is 0 Å². The van der Waals surface area contributed by atoms with Gasteiger partial charge in [-0.05, 0) is 31.4 Å². The zero-order chi connectivity index (χ0) is 10.5. The zero-order valence-corrected chi connectivity index (χ0v) is 8.91. The lowest BCUT2D eigenvalue weighted by Gasteiger charge is -2.08. The van der Waals surface area contributed by atoms with E-state index in [1.54, 1.807) is 0 Å². The van der Waals surface area contributed by atoms with E-state index in [0.717, 1.165) is 25.8 Å². The van der Waals surface area contributed by atoms with Gasteiger partial charge in [-0.1, -0.05) is 30.3 Å². The number of carbonyl (C=O) groups is 1. The topological polar surface area (TPSA) is 29.1 Å². The third-order valence-electron chi connectivity index (χ3n) is 2.95. The Balaban J connectivity index is 1.80. The average Bonchev–Trinajstić information content (AvgIpc) is 2.81. The van der Waals surface area contributed by atoms with E-state index in [0.29, 0.717) is 12.2 Å². The summed E-state index contributed by atoms with van der Waals surface area (Å²) in [7, 11) is 0. The molecule has 0 radical (unpaired) electrons. The fourth-order valence-electron chi connectivity index (χ4n) is 2.05. The maximum atomic E-state index is 11.8. The number of rotatable bonds is 4. The second-order valence-electron chi connectivity index (χ2n) is 4.10. The highest BCUT2D eigenvalue weighted by atomic mass is 16.1. The van der Waals surface area contributed by atoms with Gasteiger partial charge in [0, 0.05) is 6.42 Å². The molecule has 0 bridgehead atoms. The molecule has 1 aliphatic heterocycles. The molecule has 15 heavy (non-hydrogen) atoms. The summed E-state index contributed by atoms with van der Waals surface area (Å²) in [5, 5.41) is 3.24. The summed E-state index contributed by atoms with van der Waals surface area (Å²) in [6.45, 7) is 1.00. The number of hydrogen-bond donors (Lipinski definition) is 1. The number of carbonyl (C=O) groups excluding carboxylic acids is 1. The van der Waals surface area contributed by atoms with E-state index in [1.165, 1.54) is 5.56 Å².